The number of nitrogens with zero attached hydrogens (tertiary/aromatic N) is 3. The third-order valence-corrected chi connectivity index (χ3v) is 5.03. The van der Waals surface area contributed by atoms with Gasteiger partial charge in [-0.05, 0) is 26.0 Å². The summed E-state index contributed by atoms with van der Waals surface area (Å²) in [5, 5.41) is 5.99. The Hall–Kier alpha value is -2.38. The van der Waals surface area contributed by atoms with E-state index in [2.05, 4.69) is 15.1 Å². The van der Waals surface area contributed by atoms with Gasteiger partial charge in [0.25, 0.3) is 5.56 Å². The summed E-state index contributed by atoms with van der Waals surface area (Å²) in [4.78, 5) is 20.4. The zero-order valence-electron chi connectivity index (χ0n) is 12.5. The van der Waals surface area contributed by atoms with Crippen LogP contribution in [0.25, 0.3) is 26.8 Å². The van der Waals surface area contributed by atoms with E-state index < -0.39 is 0 Å². The van der Waals surface area contributed by atoms with Crippen LogP contribution in [0, 0.1) is 17.7 Å². The van der Waals surface area contributed by atoms with Gasteiger partial charge in [0.15, 0.2) is 0 Å². The molecule has 0 saturated carbocycles. The standard InChI is InChI=1S/C16H12N4OS2/c1-8-11-13(20(19-8)10-6-4-3-5-7-10)12-14(21)17-9(2)18-15(12)23-16(11)22/h3-7H,1-2H3,(H,17,18,21). The van der Waals surface area contributed by atoms with E-state index >= 15 is 0 Å². The first-order chi connectivity index (χ1) is 11.1. The van der Waals surface area contributed by atoms with Crippen molar-refractivity contribution in [2.45, 2.75) is 13.8 Å². The predicted molar refractivity (Wildman–Crippen MR) is 95.2 cm³/mol. The SMILES string of the molecule is Cc1nc2sc(=S)c3c(C)nn(-c4ccccc4)c3c2c(=O)[nH]1. The van der Waals surface area contributed by atoms with Crippen molar-refractivity contribution in [1.82, 2.24) is 19.7 Å². The third kappa shape index (κ3) is 2.12. The Morgan fingerprint density at radius 2 is 1.91 bits per heavy atom. The maximum atomic E-state index is 12.6. The number of rotatable bonds is 1. The summed E-state index contributed by atoms with van der Waals surface area (Å²) in [5.41, 5.74) is 2.26. The lowest BCUT2D eigenvalue weighted by molar-refractivity contribution is 0.890. The van der Waals surface area contributed by atoms with Crippen LogP contribution >= 0.6 is 23.6 Å². The monoisotopic (exact) mass is 340 g/mol. The third-order valence-electron chi connectivity index (χ3n) is 3.70. The fourth-order valence-electron chi connectivity index (χ4n) is 2.74. The zero-order chi connectivity index (χ0) is 16.1. The van der Waals surface area contributed by atoms with Gasteiger partial charge in [0, 0.05) is 0 Å². The Balaban J connectivity index is 2.31. The smallest absolute Gasteiger partial charge is 0.261 e. The summed E-state index contributed by atoms with van der Waals surface area (Å²) in [6, 6.07) is 9.72. The molecule has 0 aliphatic carbocycles. The molecule has 23 heavy (non-hydrogen) atoms. The number of H-pyrrole nitrogens is 1. The van der Waals surface area contributed by atoms with Gasteiger partial charge in [0.2, 0.25) is 0 Å². The Morgan fingerprint density at radius 1 is 1.17 bits per heavy atom. The number of aromatic amines is 1. The molecule has 0 spiro atoms. The molecule has 1 N–H and O–H groups in total. The van der Waals surface area contributed by atoms with Gasteiger partial charge in [-0.3, -0.25) is 4.79 Å². The molecule has 114 valence electrons. The highest BCUT2D eigenvalue weighted by molar-refractivity contribution is 7.74. The lowest BCUT2D eigenvalue weighted by atomic mass is 10.2. The minimum Gasteiger partial charge on any atom is -0.310 e. The van der Waals surface area contributed by atoms with Gasteiger partial charge in [-0.15, -0.1) is 11.3 Å². The van der Waals surface area contributed by atoms with Crippen LogP contribution < -0.4 is 5.56 Å². The molecule has 0 bridgehead atoms. The fourth-order valence-corrected chi connectivity index (χ4v) is 4.22. The van der Waals surface area contributed by atoms with E-state index in [1.807, 2.05) is 37.3 Å². The molecule has 7 heteroatoms. The van der Waals surface area contributed by atoms with E-state index in [9.17, 15) is 4.79 Å². The topological polar surface area (TPSA) is 63.6 Å². The molecule has 0 radical (unpaired) electrons. The number of aromatic nitrogens is 4. The molecule has 0 aliphatic heterocycles. The largest absolute Gasteiger partial charge is 0.310 e. The molecular weight excluding hydrogens is 328 g/mol. The van der Waals surface area contributed by atoms with Gasteiger partial charge in [-0.25, -0.2) is 9.67 Å². The van der Waals surface area contributed by atoms with E-state index in [1.165, 1.54) is 11.3 Å². The summed E-state index contributed by atoms with van der Waals surface area (Å²) in [6.45, 7) is 3.67. The average molecular weight is 340 g/mol. The van der Waals surface area contributed by atoms with Gasteiger partial charge < -0.3 is 4.98 Å². The molecule has 4 aromatic rings. The average Bonchev–Trinajstić information content (AvgIpc) is 2.85. The number of hydrogen-bond acceptors (Lipinski definition) is 5. The van der Waals surface area contributed by atoms with Crippen LogP contribution in [0.1, 0.15) is 11.5 Å². The number of para-hydroxylation sites is 1. The first-order valence-electron chi connectivity index (χ1n) is 7.05. The summed E-state index contributed by atoms with van der Waals surface area (Å²) in [6.07, 6.45) is 0. The van der Waals surface area contributed by atoms with Crippen molar-refractivity contribution in [3.63, 3.8) is 0 Å². The van der Waals surface area contributed by atoms with Crippen molar-refractivity contribution < 1.29 is 0 Å². The highest BCUT2D eigenvalue weighted by Crippen LogP contribution is 2.31. The number of benzene rings is 1. The van der Waals surface area contributed by atoms with E-state index in [4.69, 9.17) is 12.2 Å². The Labute approximate surface area is 140 Å². The van der Waals surface area contributed by atoms with Crippen LogP contribution in [0.4, 0.5) is 0 Å². The fraction of sp³-hybridized carbons (Fsp3) is 0.125. The molecule has 3 aromatic heterocycles. The molecule has 4 rings (SSSR count). The second-order valence-electron chi connectivity index (χ2n) is 5.28. The number of aryl methyl sites for hydroxylation is 2. The van der Waals surface area contributed by atoms with Gasteiger partial charge in [0.05, 0.1) is 22.3 Å². The van der Waals surface area contributed by atoms with Crippen LogP contribution in [-0.4, -0.2) is 19.7 Å². The molecule has 3 heterocycles. The van der Waals surface area contributed by atoms with Crippen molar-refractivity contribution >= 4 is 44.7 Å². The molecular formula is C16H12N4OS2. The maximum absolute atomic E-state index is 12.6. The van der Waals surface area contributed by atoms with Gasteiger partial charge in [-0.2, -0.15) is 5.10 Å². The molecule has 0 amide bonds. The maximum Gasteiger partial charge on any atom is 0.261 e. The first kappa shape index (κ1) is 14.2. The van der Waals surface area contributed by atoms with Crippen LogP contribution in [0.5, 0.6) is 0 Å². The summed E-state index contributed by atoms with van der Waals surface area (Å²) < 4.78 is 2.48. The Morgan fingerprint density at radius 3 is 2.65 bits per heavy atom. The van der Waals surface area contributed by atoms with Crippen molar-refractivity contribution in [1.29, 1.82) is 0 Å². The Bertz CT molecular complexity index is 1170. The second-order valence-corrected chi connectivity index (χ2v) is 6.94. The summed E-state index contributed by atoms with van der Waals surface area (Å²) >= 11 is 6.88. The predicted octanol–water partition coefficient (Wildman–Crippen LogP) is 3.67. The Kier molecular flexibility index (Phi) is 3.14. The van der Waals surface area contributed by atoms with E-state index in [1.54, 1.807) is 11.6 Å². The van der Waals surface area contributed by atoms with Crippen molar-refractivity contribution in [3.8, 4) is 5.69 Å². The highest BCUT2D eigenvalue weighted by atomic mass is 32.1. The van der Waals surface area contributed by atoms with Crippen molar-refractivity contribution in [2.24, 2.45) is 0 Å². The molecule has 1 aromatic carbocycles. The lowest BCUT2D eigenvalue weighted by Gasteiger charge is -2.05. The molecule has 0 fully saturated rings. The summed E-state index contributed by atoms with van der Waals surface area (Å²) in [5.74, 6) is 0.579. The van der Waals surface area contributed by atoms with Gasteiger partial charge in [0.1, 0.15) is 19.9 Å². The second kappa shape index (κ2) is 5.07. The molecule has 0 unspecified atom stereocenters. The van der Waals surface area contributed by atoms with Crippen LogP contribution in [-0.2, 0) is 0 Å². The van der Waals surface area contributed by atoms with E-state index in [0.717, 1.165) is 22.3 Å². The van der Waals surface area contributed by atoms with Gasteiger partial charge >= 0.3 is 0 Å². The number of hydrogen-bond donors (Lipinski definition) is 1. The van der Waals surface area contributed by atoms with Crippen molar-refractivity contribution in [2.75, 3.05) is 0 Å². The van der Waals surface area contributed by atoms with Crippen LogP contribution in [0.2, 0.25) is 0 Å². The normalized spacial score (nSPS) is 11.4. The first-order valence-corrected chi connectivity index (χ1v) is 8.27. The number of nitrogens with one attached hydrogen (secondary N) is 1. The molecule has 0 aliphatic rings. The highest BCUT2D eigenvalue weighted by Gasteiger charge is 2.18. The summed E-state index contributed by atoms with van der Waals surface area (Å²) in [7, 11) is 0. The van der Waals surface area contributed by atoms with E-state index in [0.29, 0.717) is 19.9 Å². The lowest BCUT2D eigenvalue weighted by Crippen LogP contribution is -2.11. The minimum atomic E-state index is -0.166. The van der Waals surface area contributed by atoms with E-state index in [-0.39, 0.29) is 5.56 Å². The molecule has 0 atom stereocenters. The van der Waals surface area contributed by atoms with Crippen LogP contribution in [0.15, 0.2) is 35.1 Å². The minimum absolute atomic E-state index is 0.166. The van der Waals surface area contributed by atoms with Crippen molar-refractivity contribution in [3.05, 3.63) is 56.0 Å². The number of fused-ring (bicyclic) bond motifs is 3. The van der Waals surface area contributed by atoms with Gasteiger partial charge in [-0.1, -0.05) is 30.4 Å². The molecule has 5 nitrogen and oxygen atoms in total. The zero-order valence-corrected chi connectivity index (χ0v) is 14.1. The quantitative estimate of drug-likeness (QED) is 0.537. The molecule has 0 saturated heterocycles. The van der Waals surface area contributed by atoms with Crippen LogP contribution in [0.3, 0.4) is 0 Å².